The number of sulfone groups is 1. The van der Waals surface area contributed by atoms with E-state index in [9.17, 15) is 18.3 Å². The minimum absolute atomic E-state index is 0.0305. The van der Waals surface area contributed by atoms with Gasteiger partial charge >= 0.3 is 5.97 Å². The molecule has 1 unspecified atom stereocenters. The molecule has 3 rings (SSSR count). The van der Waals surface area contributed by atoms with Crippen LogP contribution in [0.25, 0.3) is 10.9 Å². The molecule has 2 aromatic rings. The highest BCUT2D eigenvalue weighted by Gasteiger charge is 2.29. The third kappa shape index (κ3) is 2.69. The first-order valence-electron chi connectivity index (χ1n) is 6.54. The minimum atomic E-state index is -3.03. The summed E-state index contributed by atoms with van der Waals surface area (Å²) in [5.74, 6) is -0.921. The van der Waals surface area contributed by atoms with Gasteiger partial charge in [-0.25, -0.2) is 13.2 Å². The van der Waals surface area contributed by atoms with Crippen LogP contribution in [0.3, 0.4) is 0 Å². The molecule has 7 heteroatoms. The van der Waals surface area contributed by atoms with Crippen LogP contribution in [0.4, 0.5) is 5.69 Å². The van der Waals surface area contributed by atoms with Crippen LogP contribution in [0.15, 0.2) is 30.5 Å². The number of carboxylic acids is 1. The fourth-order valence-electron chi connectivity index (χ4n) is 2.57. The van der Waals surface area contributed by atoms with Crippen molar-refractivity contribution in [3.63, 3.8) is 0 Å². The lowest BCUT2D eigenvalue weighted by molar-refractivity contribution is 0.0697. The lowest BCUT2D eigenvalue weighted by Crippen LogP contribution is -2.22. The average Bonchev–Trinajstić information content (AvgIpc) is 2.78. The molecule has 1 atom stereocenters. The molecule has 1 fully saturated rings. The van der Waals surface area contributed by atoms with E-state index in [0.29, 0.717) is 23.0 Å². The summed E-state index contributed by atoms with van der Waals surface area (Å²) in [5.41, 5.74) is 1.17. The summed E-state index contributed by atoms with van der Waals surface area (Å²) in [4.78, 5) is 15.5. The van der Waals surface area contributed by atoms with E-state index < -0.39 is 15.8 Å². The second-order valence-electron chi connectivity index (χ2n) is 5.11. The number of hydrogen-bond acceptors (Lipinski definition) is 5. The van der Waals surface area contributed by atoms with E-state index in [4.69, 9.17) is 0 Å². The van der Waals surface area contributed by atoms with E-state index in [2.05, 4.69) is 10.3 Å². The van der Waals surface area contributed by atoms with E-state index in [1.807, 2.05) is 6.07 Å². The zero-order chi connectivity index (χ0) is 15.0. The monoisotopic (exact) mass is 306 g/mol. The molecule has 110 valence electrons. The maximum Gasteiger partial charge on any atom is 0.339 e. The molecule has 1 aliphatic rings. The first-order valence-corrected chi connectivity index (χ1v) is 8.36. The fraction of sp³-hybridized carbons (Fsp3) is 0.286. The van der Waals surface area contributed by atoms with Crippen LogP contribution in [0.2, 0.25) is 0 Å². The molecule has 0 aliphatic carbocycles. The van der Waals surface area contributed by atoms with Crippen molar-refractivity contribution < 1.29 is 18.3 Å². The predicted molar refractivity (Wildman–Crippen MR) is 79.4 cm³/mol. The smallest absolute Gasteiger partial charge is 0.339 e. The number of rotatable bonds is 3. The largest absolute Gasteiger partial charge is 0.478 e. The summed E-state index contributed by atoms with van der Waals surface area (Å²) < 4.78 is 23.1. The molecule has 0 spiro atoms. The number of carboxylic acid groups (broad SMARTS) is 1. The van der Waals surface area contributed by atoms with Crippen LogP contribution in [0.5, 0.6) is 0 Å². The first kappa shape index (κ1) is 13.8. The van der Waals surface area contributed by atoms with Gasteiger partial charge in [0.15, 0.2) is 9.84 Å². The molecule has 0 saturated carbocycles. The number of pyridine rings is 1. The number of para-hydroxylation sites is 1. The molecule has 1 aromatic carbocycles. The van der Waals surface area contributed by atoms with Gasteiger partial charge in [-0.3, -0.25) is 4.98 Å². The number of fused-ring (bicyclic) bond motifs is 1. The Balaban J connectivity index is 2.07. The summed E-state index contributed by atoms with van der Waals surface area (Å²) in [7, 11) is -3.03. The Labute approximate surface area is 121 Å². The molecule has 6 nitrogen and oxygen atoms in total. The van der Waals surface area contributed by atoms with Crippen LogP contribution in [-0.4, -0.2) is 42.0 Å². The van der Waals surface area contributed by atoms with Gasteiger partial charge < -0.3 is 10.4 Å². The molecular formula is C14H14N2O4S. The van der Waals surface area contributed by atoms with Gasteiger partial charge in [-0.2, -0.15) is 0 Å². The average molecular weight is 306 g/mol. The van der Waals surface area contributed by atoms with Gasteiger partial charge in [0.1, 0.15) is 5.56 Å². The SMILES string of the molecule is O=C(O)c1cnc2ccccc2c1NC1CCS(=O)(=O)C1. The number of nitrogens with zero attached hydrogens (tertiary/aromatic N) is 1. The number of benzene rings is 1. The first-order chi connectivity index (χ1) is 9.96. The Bertz CT molecular complexity index is 817. The van der Waals surface area contributed by atoms with Gasteiger partial charge in [0, 0.05) is 17.6 Å². The van der Waals surface area contributed by atoms with E-state index in [1.54, 1.807) is 18.2 Å². The van der Waals surface area contributed by atoms with Crippen LogP contribution < -0.4 is 5.32 Å². The normalized spacial score (nSPS) is 20.5. The van der Waals surface area contributed by atoms with Crippen molar-refractivity contribution in [1.29, 1.82) is 0 Å². The molecule has 0 amide bonds. The van der Waals surface area contributed by atoms with E-state index >= 15 is 0 Å². The van der Waals surface area contributed by atoms with Crippen molar-refractivity contribution in [1.82, 2.24) is 4.98 Å². The van der Waals surface area contributed by atoms with Crippen molar-refractivity contribution in [2.75, 3.05) is 16.8 Å². The Kier molecular flexibility index (Phi) is 3.29. The molecule has 0 bridgehead atoms. The standard InChI is InChI=1S/C14H14N2O4S/c17-14(18)11-7-15-12-4-2-1-3-10(12)13(11)16-9-5-6-21(19,20)8-9/h1-4,7,9H,5-6,8H2,(H,15,16)(H,17,18). The van der Waals surface area contributed by atoms with E-state index in [0.717, 1.165) is 0 Å². The van der Waals surface area contributed by atoms with Gasteiger partial charge in [-0.05, 0) is 12.5 Å². The maximum absolute atomic E-state index is 11.5. The Morgan fingerprint density at radius 1 is 1.33 bits per heavy atom. The molecule has 1 saturated heterocycles. The highest BCUT2D eigenvalue weighted by atomic mass is 32.2. The van der Waals surface area contributed by atoms with Crippen molar-refractivity contribution in [2.45, 2.75) is 12.5 Å². The van der Waals surface area contributed by atoms with Gasteiger partial charge in [-0.1, -0.05) is 18.2 Å². The van der Waals surface area contributed by atoms with Gasteiger partial charge in [0.25, 0.3) is 0 Å². The van der Waals surface area contributed by atoms with Crippen LogP contribution in [0, 0.1) is 0 Å². The number of hydrogen-bond donors (Lipinski definition) is 2. The molecule has 1 aromatic heterocycles. The zero-order valence-corrected chi connectivity index (χ0v) is 11.9. The number of aromatic nitrogens is 1. The topological polar surface area (TPSA) is 96.4 Å². The quantitative estimate of drug-likeness (QED) is 0.892. The maximum atomic E-state index is 11.5. The number of anilines is 1. The molecule has 2 heterocycles. The summed E-state index contributed by atoms with van der Waals surface area (Å²) in [6.07, 6.45) is 1.79. The number of aromatic carboxylic acids is 1. The second kappa shape index (κ2) is 5.00. The van der Waals surface area contributed by atoms with Crippen LogP contribution >= 0.6 is 0 Å². The number of carbonyl (C=O) groups is 1. The third-order valence-electron chi connectivity index (χ3n) is 3.59. The van der Waals surface area contributed by atoms with Crippen LogP contribution in [-0.2, 0) is 9.84 Å². The van der Waals surface area contributed by atoms with Crippen molar-refractivity contribution in [3.8, 4) is 0 Å². The highest BCUT2D eigenvalue weighted by molar-refractivity contribution is 7.91. The summed E-state index contributed by atoms with van der Waals surface area (Å²) >= 11 is 0. The Morgan fingerprint density at radius 3 is 2.76 bits per heavy atom. The predicted octanol–water partition coefficient (Wildman–Crippen LogP) is 1.53. The summed E-state index contributed by atoms with van der Waals surface area (Å²) in [6, 6.07) is 6.92. The van der Waals surface area contributed by atoms with Crippen molar-refractivity contribution in [2.24, 2.45) is 0 Å². The summed E-state index contributed by atoms with van der Waals surface area (Å²) in [5, 5.41) is 13.1. The summed E-state index contributed by atoms with van der Waals surface area (Å²) in [6.45, 7) is 0. The lowest BCUT2D eigenvalue weighted by atomic mass is 10.1. The molecule has 2 N–H and O–H groups in total. The molecular weight excluding hydrogens is 292 g/mol. The Morgan fingerprint density at radius 2 is 2.10 bits per heavy atom. The van der Waals surface area contributed by atoms with E-state index in [1.165, 1.54) is 6.20 Å². The second-order valence-corrected chi connectivity index (χ2v) is 7.34. The molecule has 0 radical (unpaired) electrons. The molecule has 21 heavy (non-hydrogen) atoms. The Hall–Kier alpha value is -2.15. The van der Waals surface area contributed by atoms with Gasteiger partial charge in [0.2, 0.25) is 0 Å². The highest BCUT2D eigenvalue weighted by Crippen LogP contribution is 2.28. The van der Waals surface area contributed by atoms with Crippen LogP contribution in [0.1, 0.15) is 16.8 Å². The number of nitrogens with one attached hydrogen (secondary N) is 1. The van der Waals surface area contributed by atoms with Gasteiger partial charge in [0.05, 0.1) is 22.7 Å². The lowest BCUT2D eigenvalue weighted by Gasteiger charge is -2.16. The minimum Gasteiger partial charge on any atom is -0.478 e. The van der Waals surface area contributed by atoms with Crippen molar-refractivity contribution >= 4 is 32.4 Å². The zero-order valence-electron chi connectivity index (χ0n) is 11.1. The van der Waals surface area contributed by atoms with E-state index in [-0.39, 0.29) is 23.1 Å². The van der Waals surface area contributed by atoms with Gasteiger partial charge in [-0.15, -0.1) is 0 Å². The van der Waals surface area contributed by atoms with Crippen molar-refractivity contribution in [3.05, 3.63) is 36.0 Å². The molecule has 1 aliphatic heterocycles. The third-order valence-corrected chi connectivity index (χ3v) is 5.35. The fourth-order valence-corrected chi connectivity index (χ4v) is 4.25.